The maximum Gasteiger partial charge on any atom is 0.349 e. The SMILES string of the molecule is CC(C)(C)c1ccc(OCC(=O)Oc2cccc(C(=O)O)c2)cc1. The number of ether oxygens (including phenoxy) is 2. The molecule has 0 aliphatic carbocycles. The van der Waals surface area contributed by atoms with Gasteiger partial charge < -0.3 is 14.6 Å². The zero-order valence-corrected chi connectivity index (χ0v) is 13.9. The van der Waals surface area contributed by atoms with Crippen molar-refractivity contribution in [2.75, 3.05) is 6.61 Å². The predicted octanol–water partition coefficient (Wildman–Crippen LogP) is 3.67. The molecule has 0 aromatic heterocycles. The minimum atomic E-state index is -1.08. The van der Waals surface area contributed by atoms with Crippen LogP contribution in [0.15, 0.2) is 48.5 Å². The fourth-order valence-electron chi connectivity index (χ4n) is 2.05. The normalized spacial score (nSPS) is 11.0. The van der Waals surface area contributed by atoms with Crippen molar-refractivity contribution in [3.63, 3.8) is 0 Å². The molecule has 2 rings (SSSR count). The number of hydrogen-bond acceptors (Lipinski definition) is 4. The molecule has 0 amide bonds. The number of aromatic carboxylic acids is 1. The number of carboxylic acid groups (broad SMARTS) is 1. The van der Waals surface area contributed by atoms with Gasteiger partial charge in [0.05, 0.1) is 5.56 Å². The largest absolute Gasteiger partial charge is 0.482 e. The van der Waals surface area contributed by atoms with Gasteiger partial charge in [0, 0.05) is 0 Å². The Kier molecular flexibility index (Phi) is 5.24. The summed E-state index contributed by atoms with van der Waals surface area (Å²) in [5.41, 5.74) is 1.27. The van der Waals surface area contributed by atoms with Gasteiger partial charge in [-0.25, -0.2) is 9.59 Å². The summed E-state index contributed by atoms with van der Waals surface area (Å²) in [7, 11) is 0. The molecule has 0 fully saturated rings. The summed E-state index contributed by atoms with van der Waals surface area (Å²) in [4.78, 5) is 22.7. The van der Waals surface area contributed by atoms with Gasteiger partial charge in [0.2, 0.25) is 0 Å². The molecule has 0 bridgehead atoms. The topological polar surface area (TPSA) is 72.8 Å². The molecule has 2 aromatic carbocycles. The lowest BCUT2D eigenvalue weighted by Gasteiger charge is -2.19. The monoisotopic (exact) mass is 328 g/mol. The Balaban J connectivity index is 1.91. The van der Waals surface area contributed by atoms with Crippen molar-refractivity contribution in [1.29, 1.82) is 0 Å². The highest BCUT2D eigenvalue weighted by Gasteiger charge is 2.13. The summed E-state index contributed by atoms with van der Waals surface area (Å²) in [5, 5.41) is 8.91. The van der Waals surface area contributed by atoms with Crippen molar-refractivity contribution in [2.45, 2.75) is 26.2 Å². The molecule has 0 saturated carbocycles. The highest BCUT2D eigenvalue weighted by Crippen LogP contribution is 2.24. The van der Waals surface area contributed by atoms with E-state index in [-0.39, 0.29) is 23.3 Å². The Bertz CT molecular complexity index is 726. The fraction of sp³-hybridized carbons (Fsp3) is 0.263. The molecular weight excluding hydrogens is 308 g/mol. The molecule has 0 unspecified atom stereocenters. The fourth-order valence-corrected chi connectivity index (χ4v) is 2.05. The van der Waals surface area contributed by atoms with Crippen LogP contribution in [0.5, 0.6) is 11.5 Å². The van der Waals surface area contributed by atoms with Crippen LogP contribution in [0.3, 0.4) is 0 Å². The molecule has 2 aromatic rings. The maximum atomic E-state index is 11.8. The summed E-state index contributed by atoms with van der Waals surface area (Å²) in [5.74, 6) is -0.939. The Hall–Kier alpha value is -2.82. The smallest absolute Gasteiger partial charge is 0.349 e. The lowest BCUT2D eigenvalue weighted by molar-refractivity contribution is -0.136. The van der Waals surface area contributed by atoms with Crippen LogP contribution < -0.4 is 9.47 Å². The van der Waals surface area contributed by atoms with E-state index >= 15 is 0 Å². The summed E-state index contributed by atoms with van der Waals surface area (Å²) in [6, 6.07) is 13.3. The van der Waals surface area contributed by atoms with Gasteiger partial charge in [-0.15, -0.1) is 0 Å². The second kappa shape index (κ2) is 7.17. The first-order chi connectivity index (χ1) is 11.3. The van der Waals surface area contributed by atoms with E-state index in [0.717, 1.165) is 0 Å². The average molecular weight is 328 g/mol. The van der Waals surface area contributed by atoms with Crippen LogP contribution >= 0.6 is 0 Å². The molecule has 0 heterocycles. The summed E-state index contributed by atoms with van der Waals surface area (Å²) < 4.78 is 10.5. The molecule has 0 saturated heterocycles. The van der Waals surface area contributed by atoms with Crippen LogP contribution in [-0.2, 0) is 10.2 Å². The third-order valence-electron chi connectivity index (χ3n) is 3.39. The second-order valence-corrected chi connectivity index (χ2v) is 6.37. The Morgan fingerprint density at radius 2 is 1.67 bits per heavy atom. The summed E-state index contributed by atoms with van der Waals surface area (Å²) >= 11 is 0. The quantitative estimate of drug-likeness (QED) is 0.670. The van der Waals surface area contributed by atoms with Crippen LogP contribution in [-0.4, -0.2) is 23.7 Å². The molecule has 0 radical (unpaired) electrons. The van der Waals surface area contributed by atoms with Crippen molar-refractivity contribution in [3.8, 4) is 11.5 Å². The molecule has 5 nitrogen and oxygen atoms in total. The van der Waals surface area contributed by atoms with Crippen molar-refractivity contribution in [2.24, 2.45) is 0 Å². The lowest BCUT2D eigenvalue weighted by atomic mass is 9.87. The average Bonchev–Trinajstić information content (AvgIpc) is 2.53. The minimum absolute atomic E-state index is 0.0482. The van der Waals surface area contributed by atoms with E-state index in [1.807, 2.05) is 12.1 Å². The highest BCUT2D eigenvalue weighted by atomic mass is 16.6. The van der Waals surface area contributed by atoms with E-state index in [9.17, 15) is 9.59 Å². The standard InChI is InChI=1S/C19H20O5/c1-19(2,3)14-7-9-15(10-8-14)23-12-17(20)24-16-6-4-5-13(11-16)18(21)22/h4-11H,12H2,1-3H3,(H,21,22). The van der Waals surface area contributed by atoms with Crippen LogP contribution in [0, 0.1) is 0 Å². The van der Waals surface area contributed by atoms with Gasteiger partial charge >= 0.3 is 11.9 Å². The zero-order valence-electron chi connectivity index (χ0n) is 13.9. The Morgan fingerprint density at radius 1 is 1.00 bits per heavy atom. The molecule has 0 aliphatic heterocycles. The van der Waals surface area contributed by atoms with Crippen LogP contribution in [0.2, 0.25) is 0 Å². The van der Waals surface area contributed by atoms with Crippen LogP contribution in [0.25, 0.3) is 0 Å². The van der Waals surface area contributed by atoms with Gasteiger partial charge in [-0.2, -0.15) is 0 Å². The van der Waals surface area contributed by atoms with Gasteiger partial charge in [0.25, 0.3) is 0 Å². The zero-order chi connectivity index (χ0) is 17.7. The molecule has 0 atom stereocenters. The Labute approximate surface area is 140 Å². The molecule has 126 valence electrons. The van der Waals surface area contributed by atoms with Gasteiger partial charge in [-0.05, 0) is 41.3 Å². The van der Waals surface area contributed by atoms with Crippen molar-refractivity contribution >= 4 is 11.9 Å². The van der Waals surface area contributed by atoms with Crippen LogP contribution in [0.4, 0.5) is 0 Å². The summed E-state index contributed by atoms with van der Waals surface area (Å²) in [6.07, 6.45) is 0. The highest BCUT2D eigenvalue weighted by molar-refractivity contribution is 5.88. The third-order valence-corrected chi connectivity index (χ3v) is 3.39. The van der Waals surface area contributed by atoms with E-state index in [1.165, 1.54) is 29.8 Å². The van der Waals surface area contributed by atoms with E-state index in [4.69, 9.17) is 14.6 Å². The van der Waals surface area contributed by atoms with Crippen LogP contribution in [0.1, 0.15) is 36.7 Å². The van der Waals surface area contributed by atoms with Gasteiger partial charge in [0.15, 0.2) is 6.61 Å². The van der Waals surface area contributed by atoms with Gasteiger partial charge in [-0.1, -0.05) is 39.0 Å². The first-order valence-electron chi connectivity index (χ1n) is 7.53. The number of hydrogen-bond donors (Lipinski definition) is 1. The molecule has 5 heteroatoms. The van der Waals surface area contributed by atoms with E-state index in [2.05, 4.69) is 20.8 Å². The number of carbonyl (C=O) groups is 2. The maximum absolute atomic E-state index is 11.8. The number of benzene rings is 2. The Morgan fingerprint density at radius 3 is 2.25 bits per heavy atom. The lowest BCUT2D eigenvalue weighted by Crippen LogP contribution is -2.18. The molecule has 0 aliphatic rings. The third kappa shape index (κ3) is 4.84. The molecule has 24 heavy (non-hydrogen) atoms. The van der Waals surface area contributed by atoms with E-state index in [0.29, 0.717) is 5.75 Å². The second-order valence-electron chi connectivity index (χ2n) is 6.37. The first-order valence-corrected chi connectivity index (χ1v) is 7.53. The number of esters is 1. The van der Waals surface area contributed by atoms with E-state index in [1.54, 1.807) is 12.1 Å². The number of carboxylic acids is 1. The first kappa shape index (κ1) is 17.5. The van der Waals surface area contributed by atoms with Gasteiger partial charge in [-0.3, -0.25) is 0 Å². The van der Waals surface area contributed by atoms with Gasteiger partial charge in [0.1, 0.15) is 11.5 Å². The van der Waals surface area contributed by atoms with Crippen molar-refractivity contribution < 1.29 is 24.2 Å². The van der Waals surface area contributed by atoms with Crippen molar-refractivity contribution in [3.05, 3.63) is 59.7 Å². The predicted molar refractivity (Wildman–Crippen MR) is 89.7 cm³/mol. The minimum Gasteiger partial charge on any atom is -0.482 e. The number of rotatable bonds is 5. The van der Waals surface area contributed by atoms with Crippen molar-refractivity contribution in [1.82, 2.24) is 0 Å². The van der Waals surface area contributed by atoms with E-state index < -0.39 is 11.9 Å². The molecular formula is C19H20O5. The molecule has 1 N–H and O–H groups in total. The molecule has 0 spiro atoms. The summed E-state index contributed by atoms with van der Waals surface area (Å²) in [6.45, 7) is 6.09. The number of carbonyl (C=O) groups excluding carboxylic acids is 1.